The first-order valence-electron chi connectivity index (χ1n) is 12.4. The molecule has 39 heavy (non-hydrogen) atoms. The lowest BCUT2D eigenvalue weighted by Gasteiger charge is -2.32. The molecule has 1 heterocycles. The summed E-state index contributed by atoms with van der Waals surface area (Å²) in [5.41, 5.74) is 10.1. The summed E-state index contributed by atoms with van der Waals surface area (Å²) in [6.07, 6.45) is -0.0749. The first kappa shape index (κ1) is 30.2. The summed E-state index contributed by atoms with van der Waals surface area (Å²) in [6.45, 7) is 5.92. The third-order valence-corrected chi connectivity index (χ3v) is 7.61. The molecule has 0 spiro atoms. The number of hydrogen-bond donors (Lipinski definition) is 3. The normalized spacial score (nSPS) is 15.4. The highest BCUT2D eigenvalue weighted by Gasteiger charge is 2.35. The Hall–Kier alpha value is -3.36. The second-order valence-electron chi connectivity index (χ2n) is 9.81. The van der Waals surface area contributed by atoms with Crippen LogP contribution in [0.25, 0.3) is 0 Å². The van der Waals surface area contributed by atoms with Gasteiger partial charge in [0.1, 0.15) is 17.3 Å². The fourth-order valence-electron chi connectivity index (χ4n) is 3.73. The molecule has 0 aromatic heterocycles. The lowest BCUT2D eigenvalue weighted by molar-refractivity contribution is -0.137. The van der Waals surface area contributed by atoms with Crippen LogP contribution in [-0.4, -0.2) is 74.3 Å². The molecule has 212 valence electrons. The predicted octanol–water partition coefficient (Wildman–Crippen LogP) is 1.20. The van der Waals surface area contributed by atoms with E-state index in [0.717, 1.165) is 0 Å². The molecule has 1 saturated heterocycles. The number of nitrogens with zero attached hydrogens (tertiary/aromatic N) is 2. The molecule has 4 N–H and O–H groups in total. The summed E-state index contributed by atoms with van der Waals surface area (Å²) in [4.78, 5) is 37.4. The molecule has 13 heteroatoms. The largest absolute Gasteiger partial charge is 0.457 e. The van der Waals surface area contributed by atoms with Crippen molar-refractivity contribution < 1.29 is 32.3 Å². The smallest absolute Gasteiger partial charge is 0.260 e. The number of hydrazine groups is 2. The van der Waals surface area contributed by atoms with E-state index < -0.39 is 39.7 Å². The molecule has 0 radical (unpaired) electrons. The van der Waals surface area contributed by atoms with Gasteiger partial charge in [-0.25, -0.2) is 13.4 Å². The van der Waals surface area contributed by atoms with E-state index in [4.69, 9.17) is 15.2 Å². The van der Waals surface area contributed by atoms with Crippen LogP contribution < -0.4 is 21.3 Å². The fraction of sp³-hybridized carbons (Fsp3) is 0.423. The number of sulfonamides is 1. The average molecular weight is 562 g/mol. The number of amides is 2. The highest BCUT2D eigenvalue weighted by molar-refractivity contribution is 7.89. The summed E-state index contributed by atoms with van der Waals surface area (Å²) in [5, 5.41) is 1.73. The van der Waals surface area contributed by atoms with Crippen LogP contribution in [0.4, 0.5) is 0 Å². The molecule has 3 rings (SSSR count). The Balaban J connectivity index is 1.67. The van der Waals surface area contributed by atoms with Gasteiger partial charge in [0, 0.05) is 18.5 Å². The molecule has 2 amide bonds. The van der Waals surface area contributed by atoms with Crippen LogP contribution in [0.2, 0.25) is 0 Å². The molecule has 2 aromatic rings. The lowest BCUT2D eigenvalue weighted by Crippen LogP contribution is -2.56. The number of ether oxygens (including phenoxy) is 2. The number of hydrogen-bond acceptors (Lipinski definition) is 9. The summed E-state index contributed by atoms with van der Waals surface area (Å²) >= 11 is 0. The minimum absolute atomic E-state index is 0.0749. The van der Waals surface area contributed by atoms with Crippen molar-refractivity contribution in [2.45, 2.75) is 38.1 Å². The minimum Gasteiger partial charge on any atom is -0.457 e. The Morgan fingerprint density at radius 1 is 1.05 bits per heavy atom. The molecule has 1 aliphatic rings. The summed E-state index contributed by atoms with van der Waals surface area (Å²) in [6, 6.07) is 13.3. The maximum absolute atomic E-state index is 13.3. The standard InChI is InChI=1S/C26H35N5O7S/c1-19(32)18-31(39(35,36)22-11-9-21(10-12-22)38-20-7-5-4-6-8-20)28-24(33)23(27)17-26(2,3)25(34)29-30-13-15-37-16-14-30/h4-12,23H,13-18,27H2,1-3H3,(H,28,33)(H,29,34)/t23-/m0/s1. The van der Waals surface area contributed by atoms with Gasteiger partial charge in [0.05, 0.1) is 30.7 Å². The monoisotopic (exact) mass is 561 g/mol. The van der Waals surface area contributed by atoms with Crippen LogP contribution in [0, 0.1) is 5.41 Å². The van der Waals surface area contributed by atoms with E-state index >= 15 is 0 Å². The quantitative estimate of drug-likeness (QED) is 0.324. The number of carbonyl (C=O) groups excluding carboxylic acids is 3. The Morgan fingerprint density at radius 3 is 2.23 bits per heavy atom. The molecular formula is C26H35N5O7S. The summed E-state index contributed by atoms with van der Waals surface area (Å²) in [7, 11) is -4.32. The third-order valence-electron chi connectivity index (χ3n) is 5.94. The first-order chi connectivity index (χ1) is 18.4. The van der Waals surface area contributed by atoms with Crippen LogP contribution in [0.3, 0.4) is 0 Å². The Morgan fingerprint density at radius 2 is 1.64 bits per heavy atom. The van der Waals surface area contributed by atoms with Crippen molar-refractivity contribution in [2.24, 2.45) is 11.1 Å². The molecule has 0 bridgehead atoms. The number of Topliss-reactive ketones (excluding diaryl/α,β-unsaturated/α-hetero) is 1. The van der Waals surface area contributed by atoms with Gasteiger partial charge in [0.25, 0.3) is 15.9 Å². The second-order valence-corrected chi connectivity index (χ2v) is 11.7. The van der Waals surface area contributed by atoms with Gasteiger partial charge in [0.15, 0.2) is 0 Å². The van der Waals surface area contributed by atoms with Crippen LogP contribution in [0.5, 0.6) is 11.5 Å². The van der Waals surface area contributed by atoms with E-state index in [9.17, 15) is 22.8 Å². The molecule has 0 aliphatic carbocycles. The second kappa shape index (κ2) is 13.1. The van der Waals surface area contributed by atoms with Gasteiger partial charge in [-0.05, 0) is 49.7 Å². The number of benzene rings is 2. The highest BCUT2D eigenvalue weighted by Crippen LogP contribution is 2.25. The van der Waals surface area contributed by atoms with E-state index in [-0.39, 0.29) is 17.2 Å². The van der Waals surface area contributed by atoms with E-state index in [0.29, 0.717) is 42.2 Å². The van der Waals surface area contributed by atoms with Crippen LogP contribution >= 0.6 is 0 Å². The number of morpholine rings is 1. The number of carbonyl (C=O) groups is 3. The maximum Gasteiger partial charge on any atom is 0.260 e. The molecule has 0 unspecified atom stereocenters. The van der Waals surface area contributed by atoms with Crippen molar-refractivity contribution in [3.05, 3.63) is 54.6 Å². The maximum atomic E-state index is 13.3. The van der Waals surface area contributed by atoms with Gasteiger partial charge in [-0.2, -0.15) is 0 Å². The Kier molecular flexibility index (Phi) is 10.2. The van der Waals surface area contributed by atoms with Crippen LogP contribution in [0.1, 0.15) is 27.2 Å². The fourth-order valence-corrected chi connectivity index (χ4v) is 5.03. The molecule has 12 nitrogen and oxygen atoms in total. The van der Waals surface area contributed by atoms with Gasteiger partial charge in [-0.1, -0.05) is 32.0 Å². The van der Waals surface area contributed by atoms with Crippen LogP contribution in [0.15, 0.2) is 59.5 Å². The molecule has 1 atom stereocenters. The minimum atomic E-state index is -4.32. The Bertz CT molecular complexity index is 1250. The summed E-state index contributed by atoms with van der Waals surface area (Å²) in [5.74, 6) is -0.701. The van der Waals surface area contributed by atoms with E-state index in [1.165, 1.54) is 31.2 Å². The molecule has 0 saturated carbocycles. The number of nitrogens with one attached hydrogen (secondary N) is 2. The molecular weight excluding hydrogens is 526 g/mol. The zero-order valence-electron chi connectivity index (χ0n) is 22.3. The summed E-state index contributed by atoms with van der Waals surface area (Å²) < 4.78 is 38.1. The van der Waals surface area contributed by atoms with E-state index in [1.807, 2.05) is 6.07 Å². The number of rotatable bonds is 12. The molecule has 2 aromatic carbocycles. The van der Waals surface area contributed by atoms with Gasteiger partial charge < -0.3 is 15.2 Å². The van der Waals surface area contributed by atoms with Crippen LogP contribution in [-0.2, 0) is 29.1 Å². The topological polar surface area (TPSA) is 160 Å². The van der Waals surface area contributed by atoms with Gasteiger partial charge >= 0.3 is 0 Å². The molecule has 1 fully saturated rings. The van der Waals surface area contributed by atoms with Crippen molar-refractivity contribution in [3.8, 4) is 11.5 Å². The zero-order valence-corrected chi connectivity index (χ0v) is 23.1. The highest BCUT2D eigenvalue weighted by atomic mass is 32.2. The first-order valence-corrected chi connectivity index (χ1v) is 13.9. The van der Waals surface area contributed by atoms with Crippen molar-refractivity contribution >= 4 is 27.6 Å². The molecule has 1 aliphatic heterocycles. The average Bonchev–Trinajstić information content (AvgIpc) is 2.89. The van der Waals surface area contributed by atoms with E-state index in [2.05, 4.69) is 10.9 Å². The van der Waals surface area contributed by atoms with E-state index in [1.54, 1.807) is 43.1 Å². The third kappa shape index (κ3) is 8.57. The number of nitrogens with two attached hydrogens (primary N) is 1. The Labute approximate surface area is 228 Å². The number of para-hydroxylation sites is 1. The van der Waals surface area contributed by atoms with Gasteiger partial charge in [-0.15, -0.1) is 4.41 Å². The lowest BCUT2D eigenvalue weighted by atomic mass is 9.85. The van der Waals surface area contributed by atoms with Crippen molar-refractivity contribution in [1.29, 1.82) is 0 Å². The SMILES string of the molecule is CC(=O)CN(NC(=O)[C@@H](N)CC(C)(C)C(=O)NN1CCOCC1)S(=O)(=O)c1ccc(Oc2ccccc2)cc1. The predicted molar refractivity (Wildman–Crippen MR) is 143 cm³/mol. The van der Waals surface area contributed by atoms with Gasteiger partial charge in [0.2, 0.25) is 5.91 Å². The number of ketones is 1. The van der Waals surface area contributed by atoms with Crippen molar-refractivity contribution in [3.63, 3.8) is 0 Å². The zero-order chi connectivity index (χ0) is 28.6. The van der Waals surface area contributed by atoms with Crippen molar-refractivity contribution in [1.82, 2.24) is 20.3 Å². The van der Waals surface area contributed by atoms with Gasteiger partial charge in [-0.3, -0.25) is 25.2 Å². The van der Waals surface area contributed by atoms with Crippen molar-refractivity contribution in [2.75, 3.05) is 32.8 Å².